The summed E-state index contributed by atoms with van der Waals surface area (Å²) < 4.78 is 0. The van der Waals surface area contributed by atoms with E-state index >= 15 is 0 Å². The van der Waals surface area contributed by atoms with Crippen LogP contribution in [0.15, 0.2) is 0 Å². The highest BCUT2D eigenvalue weighted by Gasteiger charge is 2.45. The van der Waals surface area contributed by atoms with E-state index in [1.54, 1.807) is 0 Å². The molecule has 0 aliphatic carbocycles. The van der Waals surface area contributed by atoms with Crippen LogP contribution in [0, 0.1) is 5.41 Å². The molecule has 1 aliphatic rings. The van der Waals surface area contributed by atoms with Crippen molar-refractivity contribution in [1.29, 1.82) is 0 Å². The largest absolute Gasteiger partial charge is 0.329 e. The minimum Gasteiger partial charge on any atom is -0.329 e. The SMILES string of the molecule is CC1(CN)C(=O)NC(=O)NC1=O. The molecule has 1 heterocycles. The van der Waals surface area contributed by atoms with Crippen molar-refractivity contribution in [2.75, 3.05) is 6.54 Å². The summed E-state index contributed by atoms with van der Waals surface area (Å²) in [6.07, 6.45) is 0. The summed E-state index contributed by atoms with van der Waals surface area (Å²) in [5, 5.41) is 3.92. The lowest BCUT2D eigenvalue weighted by Crippen LogP contribution is -2.63. The monoisotopic (exact) mass is 171 g/mol. The third-order valence-electron chi connectivity index (χ3n) is 1.86. The van der Waals surface area contributed by atoms with Gasteiger partial charge in [-0.1, -0.05) is 0 Å². The van der Waals surface area contributed by atoms with E-state index in [9.17, 15) is 14.4 Å². The number of nitrogens with two attached hydrogens (primary N) is 1. The zero-order valence-electron chi connectivity index (χ0n) is 6.51. The molecule has 0 unspecified atom stereocenters. The molecular weight excluding hydrogens is 162 g/mol. The Kier molecular flexibility index (Phi) is 1.85. The topological polar surface area (TPSA) is 101 Å². The summed E-state index contributed by atoms with van der Waals surface area (Å²) in [6, 6.07) is -0.795. The quantitative estimate of drug-likeness (QED) is 0.410. The molecular formula is C6H9N3O3. The molecule has 1 aliphatic heterocycles. The normalized spacial score (nSPS) is 21.7. The molecule has 12 heavy (non-hydrogen) atoms. The van der Waals surface area contributed by atoms with Gasteiger partial charge in [0.2, 0.25) is 11.8 Å². The van der Waals surface area contributed by atoms with Crippen LogP contribution < -0.4 is 16.4 Å². The van der Waals surface area contributed by atoms with E-state index in [1.807, 2.05) is 10.6 Å². The first-order chi connectivity index (χ1) is 5.50. The van der Waals surface area contributed by atoms with Crippen LogP contribution in [0.25, 0.3) is 0 Å². The maximum atomic E-state index is 11.1. The van der Waals surface area contributed by atoms with Crippen molar-refractivity contribution < 1.29 is 14.4 Å². The van der Waals surface area contributed by atoms with Gasteiger partial charge in [0, 0.05) is 6.54 Å². The highest BCUT2D eigenvalue weighted by atomic mass is 16.2. The molecule has 0 saturated carbocycles. The maximum absolute atomic E-state index is 11.1. The van der Waals surface area contributed by atoms with Crippen molar-refractivity contribution in [3.63, 3.8) is 0 Å². The van der Waals surface area contributed by atoms with E-state index in [-0.39, 0.29) is 6.54 Å². The van der Waals surface area contributed by atoms with Crippen LogP contribution in [0.4, 0.5) is 4.79 Å². The summed E-state index contributed by atoms with van der Waals surface area (Å²) in [5.41, 5.74) is 3.91. The van der Waals surface area contributed by atoms with Gasteiger partial charge in [0.25, 0.3) is 0 Å². The number of nitrogens with one attached hydrogen (secondary N) is 2. The fraction of sp³-hybridized carbons (Fsp3) is 0.500. The second kappa shape index (κ2) is 2.56. The molecule has 0 aromatic carbocycles. The van der Waals surface area contributed by atoms with E-state index < -0.39 is 23.3 Å². The summed E-state index contributed by atoms with van der Waals surface area (Å²) >= 11 is 0. The van der Waals surface area contributed by atoms with Crippen molar-refractivity contribution in [2.24, 2.45) is 11.1 Å². The molecule has 0 aromatic heterocycles. The second-order valence-corrected chi connectivity index (χ2v) is 2.77. The Morgan fingerprint density at radius 1 is 1.25 bits per heavy atom. The van der Waals surface area contributed by atoms with Crippen LogP contribution >= 0.6 is 0 Å². The van der Waals surface area contributed by atoms with Crippen molar-refractivity contribution >= 4 is 17.8 Å². The second-order valence-electron chi connectivity index (χ2n) is 2.77. The van der Waals surface area contributed by atoms with Gasteiger partial charge < -0.3 is 5.73 Å². The Morgan fingerprint density at radius 2 is 1.67 bits per heavy atom. The fourth-order valence-corrected chi connectivity index (χ4v) is 0.802. The Hall–Kier alpha value is -1.43. The number of carbonyl (C=O) groups excluding carboxylic acids is 3. The van der Waals surface area contributed by atoms with Gasteiger partial charge in [0.1, 0.15) is 5.41 Å². The predicted octanol–water partition coefficient (Wildman–Crippen LogP) is -1.68. The number of urea groups is 1. The van der Waals surface area contributed by atoms with E-state index in [0.29, 0.717) is 0 Å². The van der Waals surface area contributed by atoms with Crippen molar-refractivity contribution in [3.05, 3.63) is 0 Å². The Morgan fingerprint density at radius 3 is 2.00 bits per heavy atom. The number of carbonyl (C=O) groups is 3. The number of barbiturate groups is 1. The van der Waals surface area contributed by atoms with E-state index in [0.717, 1.165) is 0 Å². The van der Waals surface area contributed by atoms with Crippen LogP contribution in [0.2, 0.25) is 0 Å². The van der Waals surface area contributed by atoms with Gasteiger partial charge in [0.15, 0.2) is 0 Å². The van der Waals surface area contributed by atoms with Gasteiger partial charge in [-0.25, -0.2) is 4.79 Å². The first-order valence-corrected chi connectivity index (χ1v) is 3.37. The summed E-state index contributed by atoms with van der Waals surface area (Å²) in [7, 11) is 0. The molecule has 6 nitrogen and oxygen atoms in total. The average Bonchev–Trinajstić information content (AvgIpc) is 2.00. The molecule has 0 bridgehead atoms. The molecule has 0 aromatic rings. The van der Waals surface area contributed by atoms with Crippen molar-refractivity contribution in [1.82, 2.24) is 10.6 Å². The Balaban J connectivity index is 2.95. The molecule has 0 spiro atoms. The van der Waals surface area contributed by atoms with Crippen LogP contribution in [-0.4, -0.2) is 24.4 Å². The van der Waals surface area contributed by atoms with Crippen LogP contribution in [0.3, 0.4) is 0 Å². The molecule has 1 fully saturated rings. The van der Waals surface area contributed by atoms with Gasteiger partial charge in [-0.05, 0) is 6.92 Å². The van der Waals surface area contributed by atoms with Crippen LogP contribution in [-0.2, 0) is 9.59 Å². The highest BCUT2D eigenvalue weighted by Crippen LogP contribution is 2.16. The first kappa shape index (κ1) is 8.66. The van der Waals surface area contributed by atoms with Crippen molar-refractivity contribution in [2.45, 2.75) is 6.92 Å². The third kappa shape index (κ3) is 1.06. The van der Waals surface area contributed by atoms with E-state index in [1.165, 1.54) is 6.92 Å². The number of hydrogen-bond donors (Lipinski definition) is 3. The average molecular weight is 171 g/mol. The number of rotatable bonds is 1. The minimum absolute atomic E-state index is 0.127. The zero-order chi connectivity index (χ0) is 9.35. The first-order valence-electron chi connectivity index (χ1n) is 3.37. The van der Waals surface area contributed by atoms with E-state index in [4.69, 9.17) is 5.73 Å². The fourth-order valence-electron chi connectivity index (χ4n) is 0.802. The van der Waals surface area contributed by atoms with Crippen LogP contribution in [0.1, 0.15) is 6.92 Å². The smallest absolute Gasteiger partial charge is 0.328 e. The Labute approximate surface area is 68.5 Å². The molecule has 4 amide bonds. The minimum atomic E-state index is -1.33. The zero-order valence-corrected chi connectivity index (χ0v) is 6.51. The van der Waals surface area contributed by atoms with Gasteiger partial charge in [-0.2, -0.15) is 0 Å². The molecule has 1 rings (SSSR count). The van der Waals surface area contributed by atoms with Gasteiger partial charge in [-0.3, -0.25) is 20.2 Å². The number of imide groups is 2. The lowest BCUT2D eigenvalue weighted by molar-refractivity contribution is -0.142. The standard InChI is InChI=1S/C6H9N3O3/c1-6(2-7)3(10)8-5(12)9-4(6)11/h2,7H2,1H3,(H2,8,9,10,11,12). The number of amides is 4. The molecule has 6 heteroatoms. The van der Waals surface area contributed by atoms with Crippen molar-refractivity contribution in [3.8, 4) is 0 Å². The lowest BCUT2D eigenvalue weighted by Gasteiger charge is -2.28. The summed E-state index contributed by atoms with van der Waals surface area (Å²) in [4.78, 5) is 32.8. The van der Waals surface area contributed by atoms with E-state index in [2.05, 4.69) is 0 Å². The third-order valence-corrected chi connectivity index (χ3v) is 1.86. The molecule has 0 atom stereocenters. The van der Waals surface area contributed by atoms with Gasteiger partial charge >= 0.3 is 6.03 Å². The molecule has 66 valence electrons. The van der Waals surface area contributed by atoms with Gasteiger partial charge in [0.05, 0.1) is 0 Å². The lowest BCUT2D eigenvalue weighted by atomic mass is 9.87. The maximum Gasteiger partial charge on any atom is 0.328 e. The molecule has 0 radical (unpaired) electrons. The highest BCUT2D eigenvalue weighted by molar-refractivity contribution is 6.19. The van der Waals surface area contributed by atoms with Gasteiger partial charge in [-0.15, -0.1) is 0 Å². The summed E-state index contributed by atoms with van der Waals surface area (Å²) in [5.74, 6) is -1.31. The summed E-state index contributed by atoms with van der Waals surface area (Å²) in [6.45, 7) is 1.25. The predicted molar refractivity (Wildman–Crippen MR) is 38.8 cm³/mol. The number of hydrogen-bond acceptors (Lipinski definition) is 4. The Bertz CT molecular complexity index is 241. The molecule has 1 saturated heterocycles. The van der Waals surface area contributed by atoms with Crippen LogP contribution in [0.5, 0.6) is 0 Å². The molecule has 4 N–H and O–H groups in total.